The van der Waals surface area contributed by atoms with Crippen molar-refractivity contribution in [1.29, 1.82) is 0 Å². The van der Waals surface area contributed by atoms with Gasteiger partial charge < -0.3 is 48.6 Å². The highest BCUT2D eigenvalue weighted by atomic mass is 16.7. The maximum atomic E-state index is 14.4. The zero-order valence-electron chi connectivity index (χ0n) is 34.2. The summed E-state index contributed by atoms with van der Waals surface area (Å²) in [6.07, 6.45) is -4.01. The lowest BCUT2D eigenvalue weighted by Crippen LogP contribution is -2.61. The highest BCUT2D eigenvalue weighted by Crippen LogP contribution is 2.42. The molecule has 308 valence electrons. The van der Waals surface area contributed by atoms with Gasteiger partial charge in [0.1, 0.15) is 24.6 Å². The van der Waals surface area contributed by atoms with Gasteiger partial charge in [-0.25, -0.2) is 4.79 Å². The first-order valence-electron chi connectivity index (χ1n) is 19.8. The van der Waals surface area contributed by atoms with Gasteiger partial charge in [-0.3, -0.25) is 9.59 Å². The maximum Gasteiger partial charge on any atom is 0.408 e. The average Bonchev–Trinajstić information content (AvgIpc) is 3.46. The minimum atomic E-state index is -1.32. The van der Waals surface area contributed by atoms with Gasteiger partial charge in [0.15, 0.2) is 11.9 Å². The summed E-state index contributed by atoms with van der Waals surface area (Å²) in [6, 6.07) is 8.69. The summed E-state index contributed by atoms with van der Waals surface area (Å²) in [4.78, 5) is 49.3. The van der Waals surface area contributed by atoms with Crippen LogP contribution in [0.4, 0.5) is 4.79 Å². The van der Waals surface area contributed by atoms with Gasteiger partial charge >= 0.3 is 12.1 Å². The van der Waals surface area contributed by atoms with E-state index in [1.807, 2.05) is 83.9 Å². The Morgan fingerprint density at radius 3 is 2.42 bits per heavy atom. The molecule has 0 aliphatic carbocycles. The van der Waals surface area contributed by atoms with Crippen molar-refractivity contribution in [3.63, 3.8) is 0 Å². The fraction of sp³-hybridized carbons (Fsp3) is 0.756. The third-order valence-corrected chi connectivity index (χ3v) is 12.2. The van der Waals surface area contributed by atoms with E-state index >= 15 is 0 Å². The average molecular weight is 774 g/mol. The van der Waals surface area contributed by atoms with Gasteiger partial charge in [0.2, 0.25) is 0 Å². The number of hydrogen-bond donors (Lipinski definition) is 2. The van der Waals surface area contributed by atoms with Crippen molar-refractivity contribution < 1.29 is 52.7 Å². The standard InChI is InChI=1S/C41H63N3O11/c1-11-31-41(8)35(42-39(48)55-41)25(4)32(45)23(2)20-40(7)36(54-38-33(46)30(44(9)10)19-24(3)52-38)26(5)34(27(6)37(47)53-31)49-22-29(17-18-50-40)43-51-21-28-15-13-12-14-16-28/h12-16,23-27,30-31,33-36,38,46H,11,17-22H2,1-10H3,(H,42,48)/b43-29+/t23-,24-,25+,26+,27-,30+,31-,33-,34+,35-,36-,38+,40-,41-/m1/s1. The molecule has 1 amide bonds. The van der Waals surface area contributed by atoms with Gasteiger partial charge in [0, 0.05) is 30.2 Å². The van der Waals surface area contributed by atoms with Crippen LogP contribution in [0.15, 0.2) is 35.5 Å². The summed E-state index contributed by atoms with van der Waals surface area (Å²) in [6.45, 7) is 15.2. The molecule has 14 nitrogen and oxygen atoms in total. The minimum absolute atomic E-state index is 0.0292. The van der Waals surface area contributed by atoms with Crippen molar-refractivity contribution in [3.05, 3.63) is 35.9 Å². The van der Waals surface area contributed by atoms with Crippen molar-refractivity contribution in [3.8, 4) is 0 Å². The molecule has 14 heteroatoms. The number of oxime groups is 1. The number of benzene rings is 1. The van der Waals surface area contributed by atoms with Gasteiger partial charge in [0.05, 0.1) is 54.8 Å². The molecule has 55 heavy (non-hydrogen) atoms. The molecule has 4 saturated heterocycles. The van der Waals surface area contributed by atoms with E-state index in [-0.39, 0.29) is 44.2 Å². The Morgan fingerprint density at radius 1 is 1.04 bits per heavy atom. The molecule has 0 saturated carbocycles. The van der Waals surface area contributed by atoms with E-state index in [9.17, 15) is 19.5 Å². The van der Waals surface area contributed by atoms with E-state index in [0.29, 0.717) is 25.0 Å². The normalized spacial score (nSPS) is 41.5. The number of nitrogens with one attached hydrogen (secondary N) is 1. The number of esters is 1. The van der Waals surface area contributed by atoms with Crippen LogP contribution in [0.2, 0.25) is 0 Å². The molecule has 1 aromatic carbocycles. The molecule has 4 heterocycles. The molecule has 0 unspecified atom stereocenters. The predicted octanol–water partition coefficient (Wildman–Crippen LogP) is 4.64. The summed E-state index contributed by atoms with van der Waals surface area (Å²) in [5.74, 6) is -3.42. The fourth-order valence-corrected chi connectivity index (χ4v) is 9.07. The number of ketones is 1. The van der Waals surface area contributed by atoms with Gasteiger partial charge in [-0.1, -0.05) is 63.2 Å². The molecule has 4 aliphatic rings. The Hall–Kier alpha value is -3.14. The number of carbonyl (C=O) groups is 3. The monoisotopic (exact) mass is 773 g/mol. The highest BCUT2D eigenvalue weighted by Gasteiger charge is 2.57. The van der Waals surface area contributed by atoms with Crippen LogP contribution in [0.3, 0.4) is 0 Å². The van der Waals surface area contributed by atoms with Crippen molar-refractivity contribution in [1.82, 2.24) is 10.2 Å². The molecule has 5 rings (SSSR count). The van der Waals surface area contributed by atoms with Gasteiger partial charge in [-0.05, 0) is 66.6 Å². The van der Waals surface area contributed by atoms with E-state index in [0.717, 1.165) is 5.56 Å². The van der Waals surface area contributed by atoms with Crippen LogP contribution in [0.1, 0.15) is 86.6 Å². The smallest absolute Gasteiger partial charge is 0.408 e. The van der Waals surface area contributed by atoms with Crippen LogP contribution in [0.5, 0.6) is 0 Å². The summed E-state index contributed by atoms with van der Waals surface area (Å²) >= 11 is 0. The largest absolute Gasteiger partial charge is 0.458 e. The second-order valence-electron chi connectivity index (χ2n) is 16.7. The van der Waals surface area contributed by atoms with Crippen molar-refractivity contribution in [2.45, 2.75) is 148 Å². The molecule has 0 spiro atoms. The lowest BCUT2D eigenvalue weighted by atomic mass is 9.73. The number of ether oxygens (including phenoxy) is 6. The first kappa shape index (κ1) is 43.0. The first-order chi connectivity index (χ1) is 26.0. The number of fused-ring (bicyclic) bond motifs is 4. The zero-order chi connectivity index (χ0) is 40.2. The molecule has 2 N–H and O–H groups in total. The molecular formula is C41H63N3O11. The molecule has 4 aliphatic heterocycles. The number of aliphatic hydroxyl groups is 1. The second-order valence-corrected chi connectivity index (χ2v) is 16.7. The van der Waals surface area contributed by atoms with Crippen LogP contribution < -0.4 is 5.32 Å². The number of cyclic esters (lactones) is 1. The summed E-state index contributed by atoms with van der Waals surface area (Å²) in [7, 11) is 3.82. The number of alkyl carbamates (subject to hydrolysis) is 1. The Bertz CT molecular complexity index is 1510. The Balaban J connectivity index is 1.58. The van der Waals surface area contributed by atoms with E-state index < -0.39 is 83.7 Å². The fourth-order valence-electron chi connectivity index (χ4n) is 9.07. The number of aliphatic hydroxyl groups excluding tert-OH is 1. The number of hydrogen-bond acceptors (Lipinski definition) is 13. The summed E-state index contributed by atoms with van der Waals surface area (Å²) in [5.41, 5.74) is -0.966. The number of nitrogens with zero attached hydrogens (tertiary/aromatic N) is 2. The Labute approximate surface area is 325 Å². The number of rotatable bonds is 7. The molecule has 2 bridgehead atoms. The highest BCUT2D eigenvalue weighted by molar-refractivity contribution is 5.86. The van der Waals surface area contributed by atoms with E-state index in [1.54, 1.807) is 20.8 Å². The Kier molecular flexibility index (Phi) is 14.1. The SMILES string of the molecule is CC[C@H]1OC(=O)[C@H](C)[C@H]2OC/C(=N/OCc3ccccc3)CCO[C@](C)(C[C@@H](C)C(=O)[C@H](C)[C@H]3NC(=O)O[C@@]31C)[C@H](O[C@@H]1O[C@H](C)C[C@H](N(C)C)[C@H]1O)[C@H]2C. The first-order valence-corrected chi connectivity index (χ1v) is 19.8. The third-order valence-electron chi connectivity index (χ3n) is 12.2. The molecular weight excluding hydrogens is 710 g/mol. The number of carbonyl (C=O) groups excluding carboxylic acids is 3. The van der Waals surface area contributed by atoms with Crippen LogP contribution in [0, 0.1) is 23.7 Å². The topological polar surface area (TPSA) is 164 Å². The van der Waals surface area contributed by atoms with Crippen LogP contribution in [0.25, 0.3) is 0 Å². The third kappa shape index (κ3) is 9.53. The lowest BCUT2D eigenvalue weighted by Gasteiger charge is -2.49. The number of likely N-dealkylation sites (N-methyl/N-ethyl adjacent to an activating group) is 1. The molecule has 0 aromatic heterocycles. The van der Waals surface area contributed by atoms with Crippen LogP contribution in [-0.4, -0.2) is 121 Å². The van der Waals surface area contributed by atoms with E-state index in [4.69, 9.17) is 33.3 Å². The second kappa shape index (κ2) is 18.0. The zero-order valence-corrected chi connectivity index (χ0v) is 34.2. The quantitative estimate of drug-likeness (QED) is 0.292. The van der Waals surface area contributed by atoms with E-state index in [1.165, 1.54) is 0 Å². The van der Waals surface area contributed by atoms with Crippen LogP contribution >= 0.6 is 0 Å². The Morgan fingerprint density at radius 2 is 1.75 bits per heavy atom. The predicted molar refractivity (Wildman–Crippen MR) is 203 cm³/mol. The maximum absolute atomic E-state index is 14.4. The van der Waals surface area contributed by atoms with Crippen molar-refractivity contribution >= 4 is 23.6 Å². The molecule has 14 atom stereocenters. The van der Waals surface area contributed by atoms with Crippen molar-refractivity contribution in [2.24, 2.45) is 28.8 Å². The molecule has 0 radical (unpaired) electrons. The summed E-state index contributed by atoms with van der Waals surface area (Å²) in [5, 5.41) is 18.9. The van der Waals surface area contributed by atoms with Crippen LogP contribution in [-0.2, 0) is 49.5 Å². The van der Waals surface area contributed by atoms with Gasteiger partial charge in [-0.15, -0.1) is 0 Å². The number of Topliss-reactive ketones (excluding diaryl/α,β-unsaturated/α-hetero) is 1. The molecule has 1 aromatic rings. The summed E-state index contributed by atoms with van der Waals surface area (Å²) < 4.78 is 38.8. The van der Waals surface area contributed by atoms with E-state index in [2.05, 4.69) is 10.5 Å². The lowest BCUT2D eigenvalue weighted by molar-refractivity contribution is -0.304. The van der Waals surface area contributed by atoms with Gasteiger partial charge in [-0.2, -0.15) is 0 Å². The molecule has 4 fully saturated rings. The van der Waals surface area contributed by atoms with Gasteiger partial charge in [0.25, 0.3) is 0 Å². The minimum Gasteiger partial charge on any atom is -0.458 e. The number of amides is 1. The van der Waals surface area contributed by atoms with Crippen molar-refractivity contribution in [2.75, 3.05) is 27.3 Å².